The zero-order chi connectivity index (χ0) is 14.0. The third-order valence-corrected chi connectivity index (χ3v) is 5.90. The average Bonchev–Trinajstić information content (AvgIpc) is 2.37. The fourth-order valence-electron chi connectivity index (χ4n) is 2.61. The molecule has 5 heteroatoms. The van der Waals surface area contributed by atoms with Gasteiger partial charge in [-0.05, 0) is 24.6 Å². The minimum absolute atomic E-state index is 0.147. The first-order valence-electron chi connectivity index (χ1n) is 6.57. The maximum Gasteiger partial charge on any atom is 0.124 e. The van der Waals surface area contributed by atoms with Gasteiger partial charge < -0.3 is 5.73 Å². The van der Waals surface area contributed by atoms with Gasteiger partial charge in [0.15, 0.2) is 0 Å². The Morgan fingerprint density at radius 1 is 1.53 bits per heavy atom. The summed E-state index contributed by atoms with van der Waals surface area (Å²) in [7, 11) is 0. The van der Waals surface area contributed by atoms with Crippen molar-refractivity contribution in [2.75, 3.05) is 18.8 Å². The number of benzene rings is 1. The highest BCUT2D eigenvalue weighted by atomic mass is 79.9. The van der Waals surface area contributed by atoms with Gasteiger partial charge in [0.2, 0.25) is 0 Å². The monoisotopic (exact) mass is 346 g/mol. The molecule has 2 nitrogen and oxygen atoms in total. The van der Waals surface area contributed by atoms with Crippen LogP contribution in [0.5, 0.6) is 0 Å². The predicted molar refractivity (Wildman–Crippen MR) is 84.0 cm³/mol. The summed E-state index contributed by atoms with van der Waals surface area (Å²) in [6.45, 7) is 6.08. The lowest BCUT2D eigenvalue weighted by atomic mass is 10.0. The number of halogens is 2. The van der Waals surface area contributed by atoms with Gasteiger partial charge in [0.1, 0.15) is 5.82 Å². The van der Waals surface area contributed by atoms with Gasteiger partial charge >= 0.3 is 0 Å². The lowest BCUT2D eigenvalue weighted by molar-refractivity contribution is 0.150. The van der Waals surface area contributed by atoms with Crippen LogP contribution in [0.3, 0.4) is 0 Å². The third kappa shape index (κ3) is 3.32. The average molecular weight is 347 g/mol. The van der Waals surface area contributed by atoms with Gasteiger partial charge in [-0.3, -0.25) is 4.90 Å². The highest BCUT2D eigenvalue weighted by Gasteiger charge is 2.31. The van der Waals surface area contributed by atoms with Crippen molar-refractivity contribution in [3.05, 3.63) is 34.1 Å². The molecule has 1 aromatic rings. The van der Waals surface area contributed by atoms with Gasteiger partial charge in [-0.15, -0.1) is 0 Å². The van der Waals surface area contributed by atoms with E-state index in [2.05, 4.69) is 34.7 Å². The zero-order valence-electron chi connectivity index (χ0n) is 11.3. The van der Waals surface area contributed by atoms with Crippen LogP contribution in [0, 0.1) is 5.82 Å². The molecule has 1 fully saturated rings. The van der Waals surface area contributed by atoms with Gasteiger partial charge in [0.25, 0.3) is 0 Å². The third-order valence-electron chi connectivity index (χ3n) is 3.88. The first kappa shape index (κ1) is 15.3. The largest absolute Gasteiger partial charge is 0.329 e. The van der Waals surface area contributed by atoms with E-state index in [-0.39, 0.29) is 11.9 Å². The molecule has 0 saturated carbocycles. The zero-order valence-corrected chi connectivity index (χ0v) is 13.7. The van der Waals surface area contributed by atoms with Crippen LogP contribution in [0.15, 0.2) is 22.7 Å². The van der Waals surface area contributed by atoms with Crippen LogP contribution in [-0.4, -0.2) is 35.0 Å². The number of nitrogens with two attached hydrogens (primary N) is 1. The van der Waals surface area contributed by atoms with Crippen molar-refractivity contribution in [3.8, 4) is 0 Å². The van der Waals surface area contributed by atoms with Gasteiger partial charge in [-0.25, -0.2) is 4.39 Å². The Labute approximate surface area is 127 Å². The molecule has 0 radical (unpaired) electrons. The molecule has 3 atom stereocenters. The van der Waals surface area contributed by atoms with Crippen LogP contribution in [0.4, 0.5) is 4.39 Å². The van der Waals surface area contributed by atoms with Crippen molar-refractivity contribution in [2.45, 2.75) is 31.2 Å². The maximum atomic E-state index is 13.2. The summed E-state index contributed by atoms with van der Waals surface area (Å²) in [6.07, 6.45) is 0. The predicted octanol–water partition coefficient (Wildman–Crippen LogP) is 3.41. The molecule has 1 aliphatic rings. The van der Waals surface area contributed by atoms with Crippen LogP contribution in [0.25, 0.3) is 0 Å². The standard InChI is InChI=1S/C14H20BrFN2S/c1-9-10(2)19-6-5-18(9)14(8-17)12-4-3-11(16)7-13(12)15/h3-4,7,9-10,14H,5-6,8,17H2,1-2H3. The molecule has 1 aromatic carbocycles. The Morgan fingerprint density at radius 3 is 2.89 bits per heavy atom. The summed E-state index contributed by atoms with van der Waals surface area (Å²) >= 11 is 5.47. The van der Waals surface area contributed by atoms with E-state index in [1.54, 1.807) is 0 Å². The Kier molecular flexibility index (Phi) is 5.29. The molecule has 2 rings (SSSR count). The van der Waals surface area contributed by atoms with Crippen LogP contribution < -0.4 is 5.73 Å². The molecular formula is C14H20BrFN2S. The van der Waals surface area contributed by atoms with E-state index >= 15 is 0 Å². The second-order valence-electron chi connectivity index (χ2n) is 4.97. The van der Waals surface area contributed by atoms with Crippen molar-refractivity contribution in [3.63, 3.8) is 0 Å². The molecule has 2 N–H and O–H groups in total. The molecule has 1 aliphatic heterocycles. The van der Waals surface area contributed by atoms with E-state index in [9.17, 15) is 4.39 Å². The molecule has 3 unspecified atom stereocenters. The molecule has 0 aliphatic carbocycles. The molecule has 0 amide bonds. The molecule has 106 valence electrons. The van der Waals surface area contributed by atoms with E-state index < -0.39 is 0 Å². The van der Waals surface area contributed by atoms with Crippen LogP contribution >= 0.6 is 27.7 Å². The van der Waals surface area contributed by atoms with Crippen molar-refractivity contribution in [2.24, 2.45) is 5.73 Å². The quantitative estimate of drug-likeness (QED) is 0.909. The van der Waals surface area contributed by atoms with Crippen LogP contribution in [0.2, 0.25) is 0 Å². The summed E-state index contributed by atoms with van der Waals surface area (Å²) < 4.78 is 14.0. The molecule has 0 bridgehead atoms. The fourth-order valence-corrected chi connectivity index (χ4v) is 4.35. The number of hydrogen-bond acceptors (Lipinski definition) is 3. The molecule has 0 aromatic heterocycles. The Bertz CT molecular complexity index is 443. The van der Waals surface area contributed by atoms with E-state index in [0.717, 1.165) is 22.3 Å². The molecule has 19 heavy (non-hydrogen) atoms. The first-order valence-corrected chi connectivity index (χ1v) is 8.41. The molecule has 1 heterocycles. The van der Waals surface area contributed by atoms with Crippen molar-refractivity contribution >= 4 is 27.7 Å². The fraction of sp³-hybridized carbons (Fsp3) is 0.571. The maximum absolute atomic E-state index is 13.2. The van der Waals surface area contributed by atoms with E-state index in [1.807, 2.05) is 17.8 Å². The smallest absolute Gasteiger partial charge is 0.124 e. The lowest BCUT2D eigenvalue weighted by Gasteiger charge is -2.42. The SMILES string of the molecule is CC1SCCN(C(CN)c2ccc(F)cc2Br)C1C. The summed E-state index contributed by atoms with van der Waals surface area (Å²) in [6, 6.07) is 5.49. The second-order valence-corrected chi connectivity index (χ2v) is 7.31. The van der Waals surface area contributed by atoms with Gasteiger partial charge in [0, 0.05) is 40.6 Å². The normalized spacial score (nSPS) is 26.4. The number of rotatable bonds is 3. The minimum Gasteiger partial charge on any atom is -0.329 e. The highest BCUT2D eigenvalue weighted by Crippen LogP contribution is 2.34. The van der Waals surface area contributed by atoms with Gasteiger partial charge in [-0.1, -0.05) is 28.9 Å². The Balaban J connectivity index is 2.28. The topological polar surface area (TPSA) is 29.3 Å². The number of hydrogen-bond donors (Lipinski definition) is 1. The Morgan fingerprint density at radius 2 is 2.26 bits per heavy atom. The number of thioether (sulfide) groups is 1. The first-order chi connectivity index (χ1) is 9.04. The van der Waals surface area contributed by atoms with E-state index in [4.69, 9.17) is 5.73 Å². The van der Waals surface area contributed by atoms with Crippen molar-refractivity contribution in [1.82, 2.24) is 4.90 Å². The summed E-state index contributed by atoms with van der Waals surface area (Å²) in [5.74, 6) is 0.905. The van der Waals surface area contributed by atoms with Crippen LogP contribution in [-0.2, 0) is 0 Å². The van der Waals surface area contributed by atoms with Crippen LogP contribution in [0.1, 0.15) is 25.5 Å². The van der Waals surface area contributed by atoms with Crippen molar-refractivity contribution in [1.29, 1.82) is 0 Å². The summed E-state index contributed by atoms with van der Waals surface area (Å²) in [5.41, 5.74) is 7.07. The Hall–Kier alpha value is -0.100. The van der Waals surface area contributed by atoms with E-state index in [1.165, 1.54) is 12.1 Å². The summed E-state index contributed by atoms with van der Waals surface area (Å²) in [5, 5.41) is 0.599. The van der Waals surface area contributed by atoms with Crippen molar-refractivity contribution < 1.29 is 4.39 Å². The minimum atomic E-state index is -0.220. The van der Waals surface area contributed by atoms with E-state index in [0.29, 0.717) is 17.8 Å². The van der Waals surface area contributed by atoms with Gasteiger partial charge in [0.05, 0.1) is 0 Å². The second kappa shape index (κ2) is 6.57. The molecule has 0 spiro atoms. The lowest BCUT2D eigenvalue weighted by Crippen LogP contribution is -2.48. The number of nitrogens with zero attached hydrogens (tertiary/aromatic N) is 1. The molecule has 1 saturated heterocycles. The highest BCUT2D eigenvalue weighted by molar-refractivity contribution is 9.10. The summed E-state index contributed by atoms with van der Waals surface area (Å²) in [4.78, 5) is 2.44. The van der Waals surface area contributed by atoms with Gasteiger partial charge in [-0.2, -0.15) is 11.8 Å². The molecular weight excluding hydrogens is 327 g/mol.